The van der Waals surface area contributed by atoms with Crippen LogP contribution in [0.2, 0.25) is 0 Å². The Morgan fingerprint density at radius 3 is 1.73 bits per heavy atom. The predicted molar refractivity (Wildman–Crippen MR) is 113 cm³/mol. The number of rotatable bonds is 16. The zero-order valence-electron chi connectivity index (χ0n) is 16.4. The lowest BCUT2D eigenvalue weighted by Crippen LogP contribution is -2.17. The van der Waals surface area contributed by atoms with Gasteiger partial charge in [0, 0.05) is 6.42 Å². The highest BCUT2D eigenvalue weighted by Crippen LogP contribution is 2.12. The summed E-state index contributed by atoms with van der Waals surface area (Å²) in [5.74, 6) is -0.648. The quantitative estimate of drug-likeness (QED) is 0.264. The molecule has 0 spiro atoms. The number of carbonyl (C=O) groups is 1. The third kappa shape index (κ3) is 18.5. The molecule has 0 aliphatic rings. The molecule has 0 aliphatic heterocycles. The first-order valence-corrected chi connectivity index (χ1v) is 9.87. The van der Waals surface area contributed by atoms with Crippen molar-refractivity contribution in [1.82, 2.24) is 0 Å². The van der Waals surface area contributed by atoms with Crippen molar-refractivity contribution in [1.29, 1.82) is 0 Å². The number of hydrogen-bond donors (Lipinski definition) is 2. The minimum absolute atomic E-state index is 0.107. The maximum atomic E-state index is 10.7. The SMILES string of the molecule is CC/C=C/C/C=C/C/C=C/C/C=C/C/C=C/CCCC(CN)CC(=O)O. The van der Waals surface area contributed by atoms with E-state index in [1.807, 2.05) is 0 Å². The lowest BCUT2D eigenvalue weighted by atomic mass is 9.98. The summed E-state index contributed by atoms with van der Waals surface area (Å²) in [6.45, 7) is 2.60. The van der Waals surface area contributed by atoms with E-state index >= 15 is 0 Å². The van der Waals surface area contributed by atoms with Gasteiger partial charge >= 0.3 is 5.97 Å². The van der Waals surface area contributed by atoms with Crippen molar-refractivity contribution in [2.45, 2.75) is 64.7 Å². The molecule has 0 radical (unpaired) electrons. The van der Waals surface area contributed by atoms with Crippen molar-refractivity contribution in [3.63, 3.8) is 0 Å². The molecule has 0 heterocycles. The number of carboxylic acid groups (broad SMARTS) is 1. The molecule has 0 fully saturated rings. The van der Waals surface area contributed by atoms with Gasteiger partial charge in [0.1, 0.15) is 0 Å². The predicted octanol–water partition coefficient (Wildman–Crippen LogP) is 5.96. The number of nitrogens with two attached hydrogens (primary N) is 1. The number of aliphatic carboxylic acids is 1. The monoisotopic (exact) mass is 359 g/mol. The van der Waals surface area contributed by atoms with Crippen LogP contribution >= 0.6 is 0 Å². The molecule has 0 aromatic carbocycles. The fourth-order valence-corrected chi connectivity index (χ4v) is 2.44. The Bertz CT molecular complexity index is 473. The van der Waals surface area contributed by atoms with Crippen molar-refractivity contribution < 1.29 is 9.90 Å². The van der Waals surface area contributed by atoms with Crippen LogP contribution in [-0.4, -0.2) is 17.6 Å². The summed E-state index contributed by atoms with van der Waals surface area (Å²) >= 11 is 0. The summed E-state index contributed by atoms with van der Waals surface area (Å²) in [6, 6.07) is 0. The van der Waals surface area contributed by atoms with Crippen LogP contribution in [0.15, 0.2) is 60.8 Å². The first-order valence-electron chi connectivity index (χ1n) is 9.87. The Morgan fingerprint density at radius 2 is 1.31 bits per heavy atom. The van der Waals surface area contributed by atoms with Crippen molar-refractivity contribution in [2.75, 3.05) is 6.54 Å². The summed E-state index contributed by atoms with van der Waals surface area (Å²) < 4.78 is 0. The van der Waals surface area contributed by atoms with Gasteiger partial charge in [0.15, 0.2) is 0 Å². The van der Waals surface area contributed by atoms with Crippen LogP contribution in [-0.2, 0) is 4.79 Å². The molecule has 0 aromatic heterocycles. The fourth-order valence-electron chi connectivity index (χ4n) is 2.44. The molecule has 0 aromatic rings. The highest BCUT2D eigenvalue weighted by molar-refractivity contribution is 5.67. The second kappa shape index (κ2) is 19.5. The number of hydrogen-bond acceptors (Lipinski definition) is 2. The Hall–Kier alpha value is -1.87. The number of carboxylic acids is 1. The number of unbranched alkanes of at least 4 members (excludes halogenated alkanes) is 1. The van der Waals surface area contributed by atoms with Gasteiger partial charge in [-0.25, -0.2) is 0 Å². The van der Waals surface area contributed by atoms with Crippen LogP contribution in [0.25, 0.3) is 0 Å². The highest BCUT2D eigenvalue weighted by atomic mass is 16.4. The molecule has 0 amide bonds. The summed E-state index contributed by atoms with van der Waals surface area (Å²) in [5, 5.41) is 8.77. The Labute approximate surface area is 160 Å². The standard InChI is InChI=1S/C23H37NO2/c1-2-3-4-5-6-7-8-9-10-11-12-13-14-15-16-17-18-19-22(21-24)20-23(25)26/h3-4,6-7,9-10,12-13,15-16,22H,2,5,8,11,14,17-21,24H2,1H3,(H,25,26)/b4-3+,7-6+,10-9+,13-12+,16-15+. The van der Waals surface area contributed by atoms with Crippen molar-refractivity contribution >= 4 is 5.97 Å². The molecule has 26 heavy (non-hydrogen) atoms. The topological polar surface area (TPSA) is 63.3 Å². The van der Waals surface area contributed by atoms with E-state index in [0.29, 0.717) is 6.54 Å². The zero-order valence-corrected chi connectivity index (χ0v) is 16.4. The summed E-state index contributed by atoms with van der Waals surface area (Å²) in [5.41, 5.74) is 5.59. The van der Waals surface area contributed by atoms with Crippen LogP contribution in [0, 0.1) is 5.92 Å². The van der Waals surface area contributed by atoms with Crippen LogP contribution in [0.5, 0.6) is 0 Å². The van der Waals surface area contributed by atoms with Crippen molar-refractivity contribution in [3.8, 4) is 0 Å². The Kier molecular flexibility index (Phi) is 18.1. The molecule has 0 rings (SSSR count). The average Bonchev–Trinajstić information content (AvgIpc) is 2.63. The van der Waals surface area contributed by atoms with Gasteiger partial charge in [0.05, 0.1) is 0 Å². The number of allylic oxidation sites excluding steroid dienone is 10. The van der Waals surface area contributed by atoms with E-state index in [1.165, 1.54) is 0 Å². The van der Waals surface area contributed by atoms with Crippen LogP contribution < -0.4 is 5.73 Å². The first-order chi connectivity index (χ1) is 12.7. The van der Waals surface area contributed by atoms with E-state index in [0.717, 1.165) is 51.4 Å². The van der Waals surface area contributed by atoms with Crippen LogP contribution in [0.3, 0.4) is 0 Å². The average molecular weight is 360 g/mol. The highest BCUT2D eigenvalue weighted by Gasteiger charge is 2.10. The fraction of sp³-hybridized carbons (Fsp3) is 0.522. The normalized spacial score (nSPS) is 13.9. The Morgan fingerprint density at radius 1 is 0.846 bits per heavy atom. The maximum Gasteiger partial charge on any atom is 0.303 e. The van der Waals surface area contributed by atoms with E-state index in [9.17, 15) is 4.79 Å². The second-order valence-electron chi connectivity index (χ2n) is 6.34. The molecule has 146 valence electrons. The van der Waals surface area contributed by atoms with Crippen LogP contribution in [0.4, 0.5) is 0 Å². The van der Waals surface area contributed by atoms with E-state index < -0.39 is 5.97 Å². The molecule has 0 aliphatic carbocycles. The minimum atomic E-state index is -0.754. The van der Waals surface area contributed by atoms with Gasteiger partial charge < -0.3 is 10.8 Å². The molecule has 3 nitrogen and oxygen atoms in total. The zero-order chi connectivity index (χ0) is 19.3. The second-order valence-corrected chi connectivity index (χ2v) is 6.34. The third-order valence-corrected chi connectivity index (χ3v) is 3.94. The lowest BCUT2D eigenvalue weighted by Gasteiger charge is -2.10. The van der Waals surface area contributed by atoms with Gasteiger partial charge in [-0.1, -0.05) is 67.7 Å². The molecule has 1 unspecified atom stereocenters. The van der Waals surface area contributed by atoms with Gasteiger partial charge in [-0.05, 0) is 63.8 Å². The summed E-state index contributed by atoms with van der Waals surface area (Å²) in [6.07, 6.45) is 30.0. The van der Waals surface area contributed by atoms with Gasteiger partial charge in [-0.15, -0.1) is 0 Å². The Balaban J connectivity index is 3.59. The van der Waals surface area contributed by atoms with Gasteiger partial charge in [0.25, 0.3) is 0 Å². The van der Waals surface area contributed by atoms with Gasteiger partial charge in [0.2, 0.25) is 0 Å². The maximum absolute atomic E-state index is 10.7. The molecule has 0 bridgehead atoms. The molecular weight excluding hydrogens is 322 g/mol. The van der Waals surface area contributed by atoms with Gasteiger partial charge in [-0.2, -0.15) is 0 Å². The summed E-state index contributed by atoms with van der Waals surface area (Å²) in [7, 11) is 0. The molecule has 0 saturated heterocycles. The summed E-state index contributed by atoms with van der Waals surface area (Å²) in [4.78, 5) is 10.7. The van der Waals surface area contributed by atoms with E-state index in [1.54, 1.807) is 0 Å². The molecular formula is C23H37NO2. The first kappa shape index (κ1) is 24.1. The van der Waals surface area contributed by atoms with E-state index in [-0.39, 0.29) is 12.3 Å². The minimum Gasteiger partial charge on any atom is -0.481 e. The molecule has 3 N–H and O–H groups in total. The third-order valence-electron chi connectivity index (χ3n) is 3.94. The lowest BCUT2D eigenvalue weighted by molar-refractivity contribution is -0.138. The molecule has 3 heteroatoms. The smallest absolute Gasteiger partial charge is 0.303 e. The largest absolute Gasteiger partial charge is 0.481 e. The molecule has 0 saturated carbocycles. The molecule has 1 atom stereocenters. The van der Waals surface area contributed by atoms with Crippen LogP contribution in [0.1, 0.15) is 64.7 Å². The van der Waals surface area contributed by atoms with Crippen molar-refractivity contribution in [3.05, 3.63) is 60.8 Å². The van der Waals surface area contributed by atoms with E-state index in [4.69, 9.17) is 10.8 Å². The van der Waals surface area contributed by atoms with Gasteiger partial charge in [-0.3, -0.25) is 4.79 Å². The van der Waals surface area contributed by atoms with Crippen molar-refractivity contribution in [2.24, 2.45) is 11.7 Å². The van der Waals surface area contributed by atoms with E-state index in [2.05, 4.69) is 67.7 Å².